The molecule has 0 bridgehead atoms. The van der Waals surface area contributed by atoms with E-state index in [0.29, 0.717) is 43.2 Å². The van der Waals surface area contributed by atoms with Crippen LogP contribution in [0.2, 0.25) is 0 Å². The first kappa shape index (κ1) is 23.3. The van der Waals surface area contributed by atoms with Gasteiger partial charge in [0.1, 0.15) is 5.69 Å². The second-order valence-electron chi connectivity index (χ2n) is 7.01. The predicted octanol–water partition coefficient (Wildman–Crippen LogP) is 3.19. The lowest BCUT2D eigenvalue weighted by molar-refractivity contribution is -0.168. The molecule has 3 rings (SSSR count). The Bertz CT molecular complexity index is 879. The molecule has 0 aliphatic carbocycles. The summed E-state index contributed by atoms with van der Waals surface area (Å²) >= 11 is 1.42. The Morgan fingerprint density at radius 3 is 2.94 bits per heavy atom. The lowest BCUT2D eigenvalue weighted by Gasteiger charge is -2.22. The number of ether oxygens (including phenoxy) is 4. The number of hydrogen-bond donors (Lipinski definition) is 1. The van der Waals surface area contributed by atoms with Crippen LogP contribution >= 0.6 is 11.3 Å². The number of rotatable bonds is 10. The quantitative estimate of drug-likeness (QED) is 0.440. The minimum absolute atomic E-state index is 0.125. The monoisotopic (exact) mass is 448 g/mol. The maximum Gasteiger partial charge on any atom is 0.338 e. The first-order chi connectivity index (χ1) is 15.1. The van der Waals surface area contributed by atoms with Crippen molar-refractivity contribution in [2.45, 2.75) is 32.5 Å². The number of methoxy groups -OCH3 is 1. The Morgan fingerprint density at radius 2 is 2.16 bits per heavy atom. The van der Waals surface area contributed by atoms with Crippen molar-refractivity contribution in [1.29, 1.82) is 0 Å². The van der Waals surface area contributed by atoms with Gasteiger partial charge < -0.3 is 24.3 Å². The van der Waals surface area contributed by atoms with Crippen molar-refractivity contribution in [1.82, 2.24) is 10.3 Å². The van der Waals surface area contributed by atoms with Gasteiger partial charge in [-0.3, -0.25) is 9.78 Å². The molecule has 1 N–H and O–H groups in total. The lowest BCUT2D eigenvalue weighted by Crippen LogP contribution is -2.29. The van der Waals surface area contributed by atoms with Crippen LogP contribution in [-0.4, -0.2) is 63.2 Å². The van der Waals surface area contributed by atoms with Crippen LogP contribution in [-0.2, 0) is 18.9 Å². The summed E-state index contributed by atoms with van der Waals surface area (Å²) in [6, 6.07) is 5.31. The number of amides is 1. The Kier molecular flexibility index (Phi) is 8.96. The van der Waals surface area contributed by atoms with E-state index in [9.17, 15) is 9.59 Å². The molecule has 9 heteroatoms. The summed E-state index contributed by atoms with van der Waals surface area (Å²) in [5.74, 6) is -0.692. The molecule has 1 atom stereocenters. The zero-order valence-corrected chi connectivity index (χ0v) is 18.7. The summed E-state index contributed by atoms with van der Waals surface area (Å²) in [4.78, 5) is 30.4. The number of pyridine rings is 1. The third kappa shape index (κ3) is 6.57. The highest BCUT2D eigenvalue weighted by Crippen LogP contribution is 2.33. The van der Waals surface area contributed by atoms with Crippen LogP contribution < -0.4 is 5.32 Å². The molecule has 2 aromatic rings. The van der Waals surface area contributed by atoms with Crippen LogP contribution in [0.1, 0.15) is 45.0 Å². The molecule has 0 spiro atoms. The average molecular weight is 449 g/mol. The molecule has 1 unspecified atom stereocenters. The van der Waals surface area contributed by atoms with Gasteiger partial charge in [0.2, 0.25) is 0 Å². The highest BCUT2D eigenvalue weighted by molar-refractivity contribution is 7.15. The molecule has 1 saturated heterocycles. The van der Waals surface area contributed by atoms with Gasteiger partial charge in [0.05, 0.1) is 32.5 Å². The van der Waals surface area contributed by atoms with Crippen molar-refractivity contribution in [3.8, 4) is 10.4 Å². The molecule has 168 valence electrons. The number of carbonyl (C=O) groups excluding carboxylic acids is 2. The zero-order valence-electron chi connectivity index (χ0n) is 17.8. The zero-order chi connectivity index (χ0) is 22.1. The molecule has 0 aromatic carbocycles. The first-order valence-corrected chi connectivity index (χ1v) is 11.1. The first-order valence-electron chi connectivity index (χ1n) is 10.3. The smallest absolute Gasteiger partial charge is 0.338 e. The summed E-state index contributed by atoms with van der Waals surface area (Å²) in [7, 11) is 1.35. The minimum Gasteiger partial charge on any atom is -0.465 e. The number of esters is 1. The normalized spacial score (nSPS) is 16.1. The van der Waals surface area contributed by atoms with Gasteiger partial charge in [-0.2, -0.15) is 0 Å². The Hall–Kier alpha value is -2.33. The van der Waals surface area contributed by atoms with Crippen molar-refractivity contribution < 1.29 is 28.5 Å². The summed E-state index contributed by atoms with van der Waals surface area (Å²) in [6.45, 7) is 4.22. The molecule has 1 aliphatic heterocycles. The Labute approximate surface area is 185 Å². The third-order valence-electron chi connectivity index (χ3n) is 4.81. The average Bonchev–Trinajstić information content (AvgIpc) is 3.20. The maximum absolute atomic E-state index is 12.7. The van der Waals surface area contributed by atoms with Crippen LogP contribution in [0, 0.1) is 6.92 Å². The summed E-state index contributed by atoms with van der Waals surface area (Å²) < 4.78 is 21.4. The number of hydrogen-bond acceptors (Lipinski definition) is 8. The van der Waals surface area contributed by atoms with Gasteiger partial charge in [0.15, 0.2) is 6.29 Å². The summed E-state index contributed by atoms with van der Waals surface area (Å²) in [5, 5.41) is 2.83. The van der Waals surface area contributed by atoms with Crippen LogP contribution in [0.15, 0.2) is 24.4 Å². The van der Waals surface area contributed by atoms with E-state index in [-0.39, 0.29) is 12.2 Å². The van der Waals surface area contributed by atoms with E-state index in [1.54, 1.807) is 18.3 Å². The second kappa shape index (κ2) is 11.9. The topological polar surface area (TPSA) is 96.0 Å². The fourth-order valence-corrected chi connectivity index (χ4v) is 4.25. The molecule has 0 saturated carbocycles. The van der Waals surface area contributed by atoms with Gasteiger partial charge in [-0.05, 0) is 44.4 Å². The number of aromatic nitrogens is 1. The standard InChI is InChI=1S/C22H28N2O6S/c1-15-17(22(26)27-2)14-18(31-15)16-6-5-8-23-20(16)21(25)24-9-11-28-12-13-30-19-7-3-4-10-29-19/h5-6,8,14,19H,3-4,7,9-13H2,1-2H3,(H,24,25). The SMILES string of the molecule is COC(=O)c1cc(-c2cccnc2C(=O)NCCOCCOC2CCCCO2)sc1C. The van der Waals surface area contributed by atoms with E-state index in [1.165, 1.54) is 18.4 Å². The third-order valence-corrected chi connectivity index (χ3v) is 5.90. The largest absolute Gasteiger partial charge is 0.465 e. The molecule has 3 heterocycles. The van der Waals surface area contributed by atoms with E-state index in [0.717, 1.165) is 35.6 Å². The number of nitrogens with zero attached hydrogens (tertiary/aromatic N) is 1. The Balaban J connectivity index is 1.47. The van der Waals surface area contributed by atoms with E-state index in [4.69, 9.17) is 18.9 Å². The van der Waals surface area contributed by atoms with E-state index >= 15 is 0 Å². The van der Waals surface area contributed by atoms with E-state index in [2.05, 4.69) is 10.3 Å². The van der Waals surface area contributed by atoms with Crippen LogP contribution in [0.25, 0.3) is 10.4 Å². The maximum atomic E-state index is 12.7. The highest BCUT2D eigenvalue weighted by Gasteiger charge is 2.19. The van der Waals surface area contributed by atoms with Crippen molar-refractivity contribution in [2.24, 2.45) is 0 Å². The molecule has 2 aromatic heterocycles. The van der Waals surface area contributed by atoms with Crippen molar-refractivity contribution in [3.05, 3.63) is 40.5 Å². The minimum atomic E-state index is -0.397. The van der Waals surface area contributed by atoms with Crippen molar-refractivity contribution in [3.63, 3.8) is 0 Å². The second-order valence-corrected chi connectivity index (χ2v) is 8.26. The predicted molar refractivity (Wildman–Crippen MR) is 116 cm³/mol. The fourth-order valence-electron chi connectivity index (χ4n) is 3.22. The van der Waals surface area contributed by atoms with Crippen molar-refractivity contribution in [2.75, 3.05) is 40.1 Å². The summed E-state index contributed by atoms with van der Waals surface area (Å²) in [6.07, 6.45) is 4.59. The fraction of sp³-hybridized carbons (Fsp3) is 0.500. The molecule has 1 amide bonds. The van der Waals surface area contributed by atoms with Crippen LogP contribution in [0.3, 0.4) is 0 Å². The molecule has 31 heavy (non-hydrogen) atoms. The van der Waals surface area contributed by atoms with Crippen LogP contribution in [0.5, 0.6) is 0 Å². The van der Waals surface area contributed by atoms with Gasteiger partial charge in [-0.1, -0.05) is 0 Å². The highest BCUT2D eigenvalue weighted by atomic mass is 32.1. The van der Waals surface area contributed by atoms with E-state index < -0.39 is 5.97 Å². The van der Waals surface area contributed by atoms with Gasteiger partial charge >= 0.3 is 5.97 Å². The molecule has 1 aliphatic rings. The van der Waals surface area contributed by atoms with Gasteiger partial charge in [-0.15, -0.1) is 11.3 Å². The number of nitrogens with one attached hydrogen (secondary N) is 1. The molecule has 1 fully saturated rings. The van der Waals surface area contributed by atoms with Gasteiger partial charge in [0.25, 0.3) is 5.91 Å². The number of thiophene rings is 1. The van der Waals surface area contributed by atoms with E-state index in [1.807, 2.05) is 13.0 Å². The molecule has 8 nitrogen and oxygen atoms in total. The number of aryl methyl sites for hydroxylation is 1. The van der Waals surface area contributed by atoms with Crippen LogP contribution in [0.4, 0.5) is 0 Å². The van der Waals surface area contributed by atoms with Gasteiger partial charge in [-0.25, -0.2) is 4.79 Å². The molecular formula is C22H28N2O6S. The van der Waals surface area contributed by atoms with Gasteiger partial charge in [0, 0.05) is 34.7 Å². The number of carbonyl (C=O) groups is 2. The lowest BCUT2D eigenvalue weighted by atomic mass is 10.1. The molecule has 0 radical (unpaired) electrons. The molecular weight excluding hydrogens is 420 g/mol. The van der Waals surface area contributed by atoms with Crippen molar-refractivity contribution >= 4 is 23.2 Å². The summed E-state index contributed by atoms with van der Waals surface area (Å²) in [5.41, 5.74) is 1.47. The Morgan fingerprint density at radius 1 is 1.29 bits per heavy atom.